The molecule has 1 heterocycles. The number of carbonyl (C=O) groups is 1. The molecule has 98 valence electrons. The molecule has 1 aromatic heterocycles. The fourth-order valence-electron chi connectivity index (χ4n) is 1.85. The van der Waals surface area contributed by atoms with E-state index in [0.717, 1.165) is 29.2 Å². The molecule has 1 fully saturated rings. The maximum Gasteiger partial charge on any atom is 0.277 e. The van der Waals surface area contributed by atoms with Crippen LogP contribution < -0.4 is 5.32 Å². The molecule has 1 aromatic carbocycles. The van der Waals surface area contributed by atoms with E-state index in [9.17, 15) is 4.79 Å². The van der Waals surface area contributed by atoms with Crippen molar-refractivity contribution in [3.05, 3.63) is 41.8 Å². The lowest BCUT2D eigenvalue weighted by molar-refractivity contribution is 0.101. The van der Waals surface area contributed by atoms with Crippen molar-refractivity contribution in [3.8, 4) is 0 Å². The van der Waals surface area contributed by atoms with E-state index in [4.69, 9.17) is 4.52 Å². The zero-order chi connectivity index (χ0) is 13.2. The molecule has 3 rings (SSSR count). The van der Waals surface area contributed by atoms with Gasteiger partial charge in [-0.1, -0.05) is 11.2 Å². The van der Waals surface area contributed by atoms with Crippen molar-refractivity contribution in [3.63, 3.8) is 0 Å². The molecule has 5 heteroatoms. The van der Waals surface area contributed by atoms with Crippen LogP contribution >= 0.6 is 11.8 Å². The monoisotopic (exact) mass is 274 g/mol. The SMILES string of the molecule is CSc1cccc(NC(=O)c2cc(C3CC3)on2)c1. The van der Waals surface area contributed by atoms with Gasteiger partial charge in [0.1, 0.15) is 5.76 Å². The molecule has 1 aliphatic rings. The second kappa shape index (κ2) is 5.09. The van der Waals surface area contributed by atoms with E-state index in [1.165, 1.54) is 0 Å². The molecule has 0 aliphatic heterocycles. The first-order chi connectivity index (χ1) is 9.26. The summed E-state index contributed by atoms with van der Waals surface area (Å²) in [5.74, 6) is 1.06. The Morgan fingerprint density at radius 2 is 2.26 bits per heavy atom. The van der Waals surface area contributed by atoms with Crippen molar-refractivity contribution in [1.82, 2.24) is 5.16 Å². The molecule has 1 N–H and O–H groups in total. The quantitative estimate of drug-likeness (QED) is 0.867. The minimum atomic E-state index is -0.228. The van der Waals surface area contributed by atoms with Crippen LogP contribution in [0.5, 0.6) is 0 Å². The zero-order valence-corrected chi connectivity index (χ0v) is 11.4. The molecule has 0 radical (unpaired) electrons. The molecule has 1 saturated carbocycles. The van der Waals surface area contributed by atoms with Crippen LogP contribution in [-0.4, -0.2) is 17.3 Å². The van der Waals surface area contributed by atoms with E-state index >= 15 is 0 Å². The van der Waals surface area contributed by atoms with Crippen molar-refractivity contribution in [1.29, 1.82) is 0 Å². The fourth-order valence-corrected chi connectivity index (χ4v) is 2.31. The number of aromatic nitrogens is 1. The number of rotatable bonds is 4. The van der Waals surface area contributed by atoms with Gasteiger partial charge in [-0.25, -0.2) is 0 Å². The molecule has 0 spiro atoms. The Kier molecular flexibility index (Phi) is 3.29. The van der Waals surface area contributed by atoms with Crippen molar-refractivity contribution in [2.75, 3.05) is 11.6 Å². The summed E-state index contributed by atoms with van der Waals surface area (Å²) in [5, 5.41) is 6.65. The Morgan fingerprint density at radius 1 is 1.42 bits per heavy atom. The van der Waals surface area contributed by atoms with Crippen LogP contribution in [0.25, 0.3) is 0 Å². The lowest BCUT2D eigenvalue weighted by Crippen LogP contribution is -2.12. The molecular weight excluding hydrogens is 260 g/mol. The number of thioether (sulfide) groups is 1. The highest BCUT2D eigenvalue weighted by Crippen LogP contribution is 2.40. The van der Waals surface area contributed by atoms with Crippen molar-refractivity contribution in [2.45, 2.75) is 23.7 Å². The first kappa shape index (κ1) is 12.3. The third-order valence-corrected chi connectivity index (χ3v) is 3.79. The van der Waals surface area contributed by atoms with Crippen LogP contribution in [-0.2, 0) is 0 Å². The van der Waals surface area contributed by atoms with Gasteiger partial charge in [-0.3, -0.25) is 4.79 Å². The second-order valence-electron chi connectivity index (χ2n) is 4.57. The van der Waals surface area contributed by atoms with Gasteiger partial charge in [0.05, 0.1) is 0 Å². The van der Waals surface area contributed by atoms with Gasteiger partial charge in [-0.2, -0.15) is 0 Å². The molecule has 1 amide bonds. The first-order valence-electron chi connectivity index (χ1n) is 6.18. The van der Waals surface area contributed by atoms with Crippen LogP contribution in [0.15, 0.2) is 39.8 Å². The van der Waals surface area contributed by atoms with Crippen LogP contribution in [0.1, 0.15) is 35.0 Å². The van der Waals surface area contributed by atoms with E-state index < -0.39 is 0 Å². The Bertz CT molecular complexity index is 605. The van der Waals surface area contributed by atoms with Crippen LogP contribution in [0, 0.1) is 0 Å². The van der Waals surface area contributed by atoms with Crippen molar-refractivity contribution in [2.24, 2.45) is 0 Å². The predicted molar refractivity (Wildman–Crippen MR) is 74.7 cm³/mol. The smallest absolute Gasteiger partial charge is 0.277 e. The summed E-state index contributed by atoms with van der Waals surface area (Å²) in [5.41, 5.74) is 1.12. The Hall–Kier alpha value is -1.75. The van der Waals surface area contributed by atoms with Gasteiger partial charge < -0.3 is 9.84 Å². The van der Waals surface area contributed by atoms with Crippen molar-refractivity contribution >= 4 is 23.4 Å². The van der Waals surface area contributed by atoms with E-state index in [1.54, 1.807) is 17.8 Å². The molecule has 0 unspecified atom stereocenters. The van der Waals surface area contributed by atoms with E-state index in [-0.39, 0.29) is 5.91 Å². The van der Waals surface area contributed by atoms with Gasteiger partial charge in [-0.05, 0) is 37.3 Å². The fraction of sp³-hybridized carbons (Fsp3) is 0.286. The number of amides is 1. The lowest BCUT2D eigenvalue weighted by Gasteiger charge is -2.04. The minimum Gasteiger partial charge on any atom is -0.360 e. The number of nitrogens with zero attached hydrogens (tertiary/aromatic N) is 1. The number of hydrogen-bond acceptors (Lipinski definition) is 4. The average Bonchev–Trinajstić information content (AvgIpc) is 3.16. The molecule has 19 heavy (non-hydrogen) atoms. The number of carbonyl (C=O) groups excluding carboxylic acids is 1. The van der Waals surface area contributed by atoms with E-state index in [0.29, 0.717) is 11.6 Å². The minimum absolute atomic E-state index is 0.228. The third-order valence-electron chi connectivity index (χ3n) is 3.07. The molecule has 2 aromatic rings. The number of nitrogens with one attached hydrogen (secondary N) is 1. The summed E-state index contributed by atoms with van der Waals surface area (Å²) in [6.07, 6.45) is 4.26. The summed E-state index contributed by atoms with van der Waals surface area (Å²) >= 11 is 1.64. The predicted octanol–water partition coefficient (Wildman–Crippen LogP) is 3.53. The standard InChI is InChI=1S/C14H14N2O2S/c1-19-11-4-2-3-10(7-11)15-14(17)12-8-13(18-16-12)9-5-6-9/h2-4,7-9H,5-6H2,1H3,(H,15,17). The van der Waals surface area contributed by atoms with Gasteiger partial charge in [0.2, 0.25) is 0 Å². The average molecular weight is 274 g/mol. The highest BCUT2D eigenvalue weighted by Gasteiger charge is 2.28. The molecule has 0 bridgehead atoms. The second-order valence-corrected chi connectivity index (χ2v) is 5.45. The van der Waals surface area contributed by atoms with E-state index in [2.05, 4.69) is 10.5 Å². The summed E-state index contributed by atoms with van der Waals surface area (Å²) in [6, 6.07) is 9.46. The number of hydrogen-bond donors (Lipinski definition) is 1. The van der Waals surface area contributed by atoms with Gasteiger partial charge in [-0.15, -0.1) is 11.8 Å². The summed E-state index contributed by atoms with van der Waals surface area (Å²) in [7, 11) is 0. The van der Waals surface area contributed by atoms with Gasteiger partial charge >= 0.3 is 0 Å². The van der Waals surface area contributed by atoms with Gasteiger partial charge in [0, 0.05) is 22.6 Å². The highest BCUT2D eigenvalue weighted by atomic mass is 32.2. The van der Waals surface area contributed by atoms with Gasteiger partial charge in [0.25, 0.3) is 5.91 Å². The highest BCUT2D eigenvalue weighted by molar-refractivity contribution is 7.98. The Morgan fingerprint density at radius 3 is 3.00 bits per heavy atom. The summed E-state index contributed by atoms with van der Waals surface area (Å²) in [4.78, 5) is 13.1. The number of benzene rings is 1. The van der Waals surface area contributed by atoms with Crippen molar-refractivity contribution < 1.29 is 9.32 Å². The summed E-state index contributed by atoms with van der Waals surface area (Å²) < 4.78 is 5.18. The maximum atomic E-state index is 12.0. The lowest BCUT2D eigenvalue weighted by atomic mass is 10.2. The molecule has 1 aliphatic carbocycles. The van der Waals surface area contributed by atoms with Crippen LogP contribution in [0.3, 0.4) is 0 Å². The van der Waals surface area contributed by atoms with Crippen LogP contribution in [0.4, 0.5) is 5.69 Å². The third kappa shape index (κ3) is 2.81. The zero-order valence-electron chi connectivity index (χ0n) is 10.6. The Balaban J connectivity index is 1.72. The largest absolute Gasteiger partial charge is 0.360 e. The topological polar surface area (TPSA) is 55.1 Å². The maximum absolute atomic E-state index is 12.0. The van der Waals surface area contributed by atoms with Crippen LogP contribution in [0.2, 0.25) is 0 Å². The molecule has 0 atom stereocenters. The van der Waals surface area contributed by atoms with Gasteiger partial charge in [0.15, 0.2) is 5.69 Å². The first-order valence-corrected chi connectivity index (χ1v) is 7.41. The van der Waals surface area contributed by atoms with E-state index in [1.807, 2.05) is 30.5 Å². The normalized spacial score (nSPS) is 14.4. The Labute approximate surface area is 115 Å². The molecule has 4 nitrogen and oxygen atoms in total. The summed E-state index contributed by atoms with van der Waals surface area (Å²) in [6.45, 7) is 0. The molecule has 0 saturated heterocycles. The molecular formula is C14H14N2O2S. The number of anilines is 1.